The summed E-state index contributed by atoms with van der Waals surface area (Å²) in [7, 11) is 3.18. The van der Waals surface area contributed by atoms with E-state index in [0.717, 1.165) is 0 Å². The van der Waals surface area contributed by atoms with Crippen LogP contribution in [0.2, 0.25) is 0 Å². The lowest BCUT2D eigenvalue weighted by molar-refractivity contribution is 0.0695. The van der Waals surface area contributed by atoms with Crippen molar-refractivity contribution in [1.29, 1.82) is 5.26 Å². The second-order valence-corrected chi connectivity index (χ2v) is 3.74. The smallest absolute Gasteiger partial charge is 0.143 e. The summed E-state index contributed by atoms with van der Waals surface area (Å²) in [6.45, 7) is 0.466. The van der Waals surface area contributed by atoms with Gasteiger partial charge in [-0.3, -0.25) is 0 Å². The normalized spacial score (nSPS) is 11.9. The highest BCUT2D eigenvalue weighted by Crippen LogP contribution is 2.21. The number of nitriles is 1. The molecule has 4 nitrogen and oxygen atoms in total. The molecule has 0 saturated carbocycles. The number of rotatable bonds is 5. The molecule has 17 heavy (non-hydrogen) atoms. The first kappa shape index (κ1) is 13.4. The molecule has 1 unspecified atom stereocenters. The zero-order valence-corrected chi connectivity index (χ0v) is 9.85. The predicted octanol–water partition coefficient (Wildman–Crippen LogP) is 1.14. The van der Waals surface area contributed by atoms with Crippen molar-refractivity contribution in [2.45, 2.75) is 6.10 Å². The van der Waals surface area contributed by atoms with Crippen LogP contribution >= 0.6 is 0 Å². The summed E-state index contributed by atoms with van der Waals surface area (Å²) < 4.78 is 18.2. The molecule has 0 fully saturated rings. The molecule has 0 saturated heterocycles. The summed E-state index contributed by atoms with van der Waals surface area (Å²) in [6.07, 6.45) is -0.681. The van der Waals surface area contributed by atoms with E-state index in [4.69, 9.17) is 10.00 Å². The lowest BCUT2D eigenvalue weighted by Gasteiger charge is -2.23. The van der Waals surface area contributed by atoms with Crippen molar-refractivity contribution < 1.29 is 14.2 Å². The summed E-state index contributed by atoms with van der Waals surface area (Å²) >= 11 is 0. The quantitative estimate of drug-likeness (QED) is 0.835. The van der Waals surface area contributed by atoms with E-state index >= 15 is 0 Å². The monoisotopic (exact) mass is 238 g/mol. The molecule has 1 N–H and O–H groups in total. The molecule has 0 aliphatic rings. The van der Waals surface area contributed by atoms with Crippen molar-refractivity contribution in [2.24, 2.45) is 0 Å². The molecular weight excluding hydrogens is 223 g/mol. The van der Waals surface area contributed by atoms with Crippen molar-refractivity contribution in [2.75, 3.05) is 32.2 Å². The molecule has 1 atom stereocenters. The second kappa shape index (κ2) is 6.18. The molecule has 0 aliphatic carbocycles. The minimum absolute atomic E-state index is 0.0142. The van der Waals surface area contributed by atoms with E-state index in [1.165, 1.54) is 19.2 Å². The van der Waals surface area contributed by atoms with Crippen LogP contribution in [0.5, 0.6) is 0 Å². The molecule has 5 heteroatoms. The molecule has 0 bridgehead atoms. The van der Waals surface area contributed by atoms with Gasteiger partial charge in [0.25, 0.3) is 0 Å². The van der Waals surface area contributed by atoms with Crippen LogP contribution in [0.1, 0.15) is 5.56 Å². The third-order valence-corrected chi connectivity index (χ3v) is 2.36. The van der Waals surface area contributed by atoms with E-state index in [9.17, 15) is 9.50 Å². The van der Waals surface area contributed by atoms with E-state index in [0.29, 0.717) is 5.69 Å². The van der Waals surface area contributed by atoms with Crippen molar-refractivity contribution >= 4 is 5.69 Å². The van der Waals surface area contributed by atoms with Gasteiger partial charge in [0, 0.05) is 20.7 Å². The van der Waals surface area contributed by atoms with Gasteiger partial charge in [-0.25, -0.2) is 4.39 Å². The lowest BCUT2D eigenvalue weighted by atomic mass is 10.1. The van der Waals surface area contributed by atoms with Gasteiger partial charge in [0.15, 0.2) is 0 Å². The number of methoxy groups -OCH3 is 1. The molecular formula is C12H15FN2O2. The van der Waals surface area contributed by atoms with E-state index in [2.05, 4.69) is 0 Å². The third-order valence-electron chi connectivity index (χ3n) is 2.36. The first-order valence-electron chi connectivity index (χ1n) is 5.17. The predicted molar refractivity (Wildman–Crippen MR) is 62.3 cm³/mol. The number of ether oxygens (including phenoxy) is 1. The highest BCUT2D eigenvalue weighted by molar-refractivity contribution is 5.59. The number of nitrogens with zero attached hydrogens (tertiary/aromatic N) is 2. The van der Waals surface area contributed by atoms with E-state index in [1.54, 1.807) is 18.0 Å². The Bertz CT molecular complexity index is 417. The van der Waals surface area contributed by atoms with Crippen LogP contribution in [0.3, 0.4) is 0 Å². The summed E-state index contributed by atoms with van der Waals surface area (Å²) in [6, 6.07) is 6.23. The number of aliphatic hydroxyl groups excluding tert-OH is 1. The molecule has 0 aliphatic heterocycles. The Balaban J connectivity index is 2.86. The van der Waals surface area contributed by atoms with Gasteiger partial charge < -0.3 is 14.7 Å². The zero-order valence-electron chi connectivity index (χ0n) is 9.85. The third kappa shape index (κ3) is 3.41. The maximum absolute atomic E-state index is 13.4. The summed E-state index contributed by atoms with van der Waals surface area (Å²) in [5, 5.41) is 18.5. The summed E-state index contributed by atoms with van der Waals surface area (Å²) in [5.74, 6) is -0.557. The molecule has 1 aromatic rings. The SMILES string of the molecule is COCC(O)CN(C)c1cccc(F)c1C#N. The zero-order chi connectivity index (χ0) is 12.8. The van der Waals surface area contributed by atoms with Crippen molar-refractivity contribution in [3.63, 3.8) is 0 Å². The van der Waals surface area contributed by atoms with E-state index < -0.39 is 11.9 Å². The average molecular weight is 238 g/mol. The van der Waals surface area contributed by atoms with Crippen molar-refractivity contribution in [1.82, 2.24) is 0 Å². The molecule has 92 valence electrons. The van der Waals surface area contributed by atoms with Gasteiger partial charge in [-0.15, -0.1) is 0 Å². The standard InChI is InChI=1S/C12H15FN2O2/c1-15(7-9(16)8-17-2)12-5-3-4-11(13)10(12)6-14/h3-5,9,16H,7-8H2,1-2H3. The number of hydrogen-bond donors (Lipinski definition) is 1. The van der Waals surface area contributed by atoms with Gasteiger partial charge >= 0.3 is 0 Å². The summed E-state index contributed by atoms with van der Waals surface area (Å²) in [4.78, 5) is 1.63. The van der Waals surface area contributed by atoms with Crippen LogP contribution < -0.4 is 4.90 Å². The molecule has 0 heterocycles. The van der Waals surface area contributed by atoms with Gasteiger partial charge in [0.05, 0.1) is 18.4 Å². The maximum Gasteiger partial charge on any atom is 0.143 e. The number of anilines is 1. The van der Waals surface area contributed by atoms with Crippen LogP contribution in [0, 0.1) is 17.1 Å². The van der Waals surface area contributed by atoms with Gasteiger partial charge in [-0.05, 0) is 12.1 Å². The van der Waals surface area contributed by atoms with Crippen LogP contribution in [-0.2, 0) is 4.74 Å². The largest absolute Gasteiger partial charge is 0.389 e. The number of likely N-dealkylation sites (N-methyl/N-ethyl adjacent to an activating group) is 1. The first-order valence-corrected chi connectivity index (χ1v) is 5.17. The maximum atomic E-state index is 13.4. The molecule has 0 amide bonds. The average Bonchev–Trinajstić information content (AvgIpc) is 2.28. The van der Waals surface area contributed by atoms with E-state index in [-0.39, 0.29) is 18.7 Å². The van der Waals surface area contributed by atoms with Crippen LogP contribution in [0.15, 0.2) is 18.2 Å². The van der Waals surface area contributed by atoms with Gasteiger partial charge in [-0.1, -0.05) is 6.07 Å². The van der Waals surface area contributed by atoms with Crippen LogP contribution in [-0.4, -0.2) is 38.5 Å². The second-order valence-electron chi connectivity index (χ2n) is 3.74. The Labute approximate surface area is 99.8 Å². The Hall–Kier alpha value is -1.64. The fourth-order valence-corrected chi connectivity index (χ4v) is 1.60. The lowest BCUT2D eigenvalue weighted by Crippen LogP contribution is -2.32. The Kier molecular flexibility index (Phi) is 4.88. The molecule has 1 rings (SSSR count). The van der Waals surface area contributed by atoms with Crippen LogP contribution in [0.4, 0.5) is 10.1 Å². The topological polar surface area (TPSA) is 56.5 Å². The number of aliphatic hydroxyl groups is 1. The Morgan fingerprint density at radius 2 is 2.29 bits per heavy atom. The minimum Gasteiger partial charge on any atom is -0.389 e. The number of hydrogen-bond acceptors (Lipinski definition) is 4. The van der Waals surface area contributed by atoms with Gasteiger partial charge in [-0.2, -0.15) is 5.26 Å². The number of benzene rings is 1. The highest BCUT2D eigenvalue weighted by Gasteiger charge is 2.14. The number of halogens is 1. The van der Waals surface area contributed by atoms with Crippen LogP contribution in [0.25, 0.3) is 0 Å². The highest BCUT2D eigenvalue weighted by atomic mass is 19.1. The van der Waals surface area contributed by atoms with Crippen molar-refractivity contribution in [3.8, 4) is 6.07 Å². The van der Waals surface area contributed by atoms with E-state index in [1.807, 2.05) is 6.07 Å². The van der Waals surface area contributed by atoms with Gasteiger partial charge in [0.2, 0.25) is 0 Å². The minimum atomic E-state index is -0.681. The Morgan fingerprint density at radius 1 is 1.59 bits per heavy atom. The Morgan fingerprint density at radius 3 is 2.88 bits per heavy atom. The fraction of sp³-hybridized carbons (Fsp3) is 0.417. The molecule has 0 radical (unpaired) electrons. The molecule has 0 spiro atoms. The molecule has 1 aromatic carbocycles. The van der Waals surface area contributed by atoms with Gasteiger partial charge in [0.1, 0.15) is 17.4 Å². The first-order chi connectivity index (χ1) is 8.10. The fourth-order valence-electron chi connectivity index (χ4n) is 1.60. The van der Waals surface area contributed by atoms with Crippen molar-refractivity contribution in [3.05, 3.63) is 29.6 Å². The molecule has 0 aromatic heterocycles. The summed E-state index contributed by atoms with van der Waals surface area (Å²) in [5.41, 5.74) is 0.447.